The van der Waals surface area contributed by atoms with Gasteiger partial charge in [-0.15, -0.1) is 0 Å². The molecule has 1 aromatic heterocycles. The van der Waals surface area contributed by atoms with E-state index in [0.717, 1.165) is 30.2 Å². The van der Waals surface area contributed by atoms with E-state index in [-0.39, 0.29) is 17.7 Å². The van der Waals surface area contributed by atoms with Crippen LogP contribution in [0.4, 0.5) is 0 Å². The lowest BCUT2D eigenvalue weighted by molar-refractivity contribution is -0.133. The van der Waals surface area contributed by atoms with Crippen molar-refractivity contribution in [2.24, 2.45) is 5.92 Å². The second-order valence-electron chi connectivity index (χ2n) is 6.91. The molecule has 3 rings (SSSR count). The number of rotatable bonds is 5. The van der Waals surface area contributed by atoms with Crippen molar-refractivity contribution in [2.75, 3.05) is 20.2 Å². The Labute approximate surface area is 154 Å². The number of hydrogen-bond acceptors (Lipinski definition) is 5. The Hall–Kier alpha value is -2.63. The number of carbonyl (C=O) groups excluding carboxylic acids is 1. The van der Waals surface area contributed by atoms with Crippen molar-refractivity contribution in [1.82, 2.24) is 14.9 Å². The topological polar surface area (TPSA) is 64.6 Å². The lowest BCUT2D eigenvalue weighted by Crippen LogP contribution is -2.32. The van der Waals surface area contributed by atoms with Gasteiger partial charge in [-0.25, -0.2) is 4.98 Å². The summed E-state index contributed by atoms with van der Waals surface area (Å²) in [6, 6.07) is 9.22. The predicted octanol–water partition coefficient (Wildman–Crippen LogP) is 3.56. The first-order chi connectivity index (χ1) is 12.5. The molecular weight excluding hydrogens is 330 g/mol. The van der Waals surface area contributed by atoms with Gasteiger partial charge in [0.1, 0.15) is 17.3 Å². The van der Waals surface area contributed by atoms with E-state index in [1.54, 1.807) is 7.11 Å². The minimum absolute atomic E-state index is 0.0131. The second-order valence-corrected chi connectivity index (χ2v) is 6.91. The minimum Gasteiger partial charge on any atom is -0.497 e. The maximum absolute atomic E-state index is 12.2. The van der Waals surface area contributed by atoms with Crippen LogP contribution < -0.4 is 9.47 Å². The van der Waals surface area contributed by atoms with Crippen molar-refractivity contribution in [3.63, 3.8) is 0 Å². The van der Waals surface area contributed by atoms with Gasteiger partial charge in [0, 0.05) is 42.8 Å². The summed E-state index contributed by atoms with van der Waals surface area (Å²) in [6.45, 7) is 7.21. The normalized spacial score (nSPS) is 16.8. The maximum atomic E-state index is 12.2. The van der Waals surface area contributed by atoms with Crippen LogP contribution in [0.25, 0.3) is 0 Å². The summed E-state index contributed by atoms with van der Waals surface area (Å²) in [4.78, 5) is 23.3. The van der Waals surface area contributed by atoms with Crippen LogP contribution in [0.1, 0.15) is 37.7 Å². The van der Waals surface area contributed by atoms with Gasteiger partial charge in [0.2, 0.25) is 11.8 Å². The van der Waals surface area contributed by atoms with Gasteiger partial charge in [-0.1, -0.05) is 19.9 Å². The van der Waals surface area contributed by atoms with E-state index in [1.807, 2.05) is 56.0 Å². The fraction of sp³-hybridized carbons (Fsp3) is 0.450. The number of carbonyl (C=O) groups is 1. The number of likely N-dealkylation sites (tertiary alicyclic amines) is 1. The molecule has 1 amide bonds. The first kappa shape index (κ1) is 18.2. The molecular formula is C20H25N3O3. The largest absolute Gasteiger partial charge is 0.497 e. The van der Waals surface area contributed by atoms with Crippen LogP contribution in [0.5, 0.6) is 17.4 Å². The van der Waals surface area contributed by atoms with E-state index in [1.165, 1.54) is 0 Å². The van der Waals surface area contributed by atoms with Gasteiger partial charge in [-0.05, 0) is 25.5 Å². The zero-order valence-corrected chi connectivity index (χ0v) is 15.7. The van der Waals surface area contributed by atoms with E-state index in [4.69, 9.17) is 9.47 Å². The van der Waals surface area contributed by atoms with Crippen LogP contribution in [-0.4, -0.2) is 41.0 Å². The lowest BCUT2D eigenvalue weighted by atomic mass is 10.1. The summed E-state index contributed by atoms with van der Waals surface area (Å²) in [5, 5.41) is 0. The summed E-state index contributed by atoms with van der Waals surface area (Å²) >= 11 is 0. The molecule has 0 saturated carbocycles. The van der Waals surface area contributed by atoms with Crippen molar-refractivity contribution < 1.29 is 14.3 Å². The van der Waals surface area contributed by atoms with Crippen molar-refractivity contribution in [2.45, 2.75) is 33.1 Å². The maximum Gasteiger partial charge on any atom is 0.225 e. The van der Waals surface area contributed by atoms with Crippen molar-refractivity contribution >= 4 is 5.91 Å². The van der Waals surface area contributed by atoms with Crippen LogP contribution >= 0.6 is 0 Å². The number of amides is 1. The average Bonchev–Trinajstić information content (AvgIpc) is 3.10. The first-order valence-corrected chi connectivity index (χ1v) is 8.92. The highest BCUT2D eigenvalue weighted by atomic mass is 16.5. The van der Waals surface area contributed by atoms with Gasteiger partial charge < -0.3 is 14.4 Å². The Kier molecular flexibility index (Phi) is 5.40. The second kappa shape index (κ2) is 7.72. The molecule has 138 valence electrons. The summed E-state index contributed by atoms with van der Waals surface area (Å²) < 4.78 is 11.1. The van der Waals surface area contributed by atoms with E-state index >= 15 is 0 Å². The summed E-state index contributed by atoms with van der Waals surface area (Å²) in [6.07, 6.45) is 0.876. The van der Waals surface area contributed by atoms with E-state index < -0.39 is 0 Å². The Morgan fingerprint density at radius 3 is 2.73 bits per heavy atom. The Balaban J connectivity index is 1.77. The molecule has 0 spiro atoms. The Morgan fingerprint density at radius 2 is 2.00 bits per heavy atom. The molecule has 6 nitrogen and oxygen atoms in total. The van der Waals surface area contributed by atoms with Gasteiger partial charge in [0.25, 0.3) is 0 Å². The third-order valence-electron chi connectivity index (χ3n) is 4.47. The molecule has 1 atom stereocenters. The quantitative estimate of drug-likeness (QED) is 0.820. The molecule has 6 heteroatoms. The summed E-state index contributed by atoms with van der Waals surface area (Å²) in [5.41, 5.74) is 0.849. The highest BCUT2D eigenvalue weighted by molar-refractivity contribution is 5.78. The highest BCUT2D eigenvalue weighted by Gasteiger charge is 2.30. The standard InChI is InChI=1S/C20H25N3O3/c1-13(2)20(24)23-9-8-15(12-23)19-21-14(3)10-18(22-19)26-17-7-5-6-16(11-17)25-4/h5-7,10-11,13,15H,8-9,12H2,1-4H3/t15-/m0/s1. The lowest BCUT2D eigenvalue weighted by Gasteiger charge is -2.18. The van der Waals surface area contributed by atoms with Crippen LogP contribution in [0.2, 0.25) is 0 Å². The number of nitrogens with zero attached hydrogens (tertiary/aromatic N) is 3. The SMILES string of the molecule is COc1cccc(Oc2cc(C)nc([C@H]3CCN(C(=O)C(C)C)C3)n2)c1. The fourth-order valence-corrected chi connectivity index (χ4v) is 3.12. The zero-order valence-electron chi connectivity index (χ0n) is 15.7. The Bertz CT molecular complexity index is 792. The monoisotopic (exact) mass is 355 g/mol. The van der Waals surface area contributed by atoms with Crippen LogP contribution in [0.3, 0.4) is 0 Å². The van der Waals surface area contributed by atoms with E-state index in [0.29, 0.717) is 18.2 Å². The van der Waals surface area contributed by atoms with Crippen molar-refractivity contribution in [3.05, 3.63) is 41.9 Å². The van der Waals surface area contributed by atoms with Gasteiger partial charge in [-0.3, -0.25) is 4.79 Å². The van der Waals surface area contributed by atoms with Crippen molar-refractivity contribution in [1.29, 1.82) is 0 Å². The number of aryl methyl sites for hydroxylation is 1. The number of methoxy groups -OCH3 is 1. The van der Waals surface area contributed by atoms with E-state index in [2.05, 4.69) is 9.97 Å². The molecule has 2 heterocycles. The third kappa shape index (κ3) is 4.12. The number of benzene rings is 1. The molecule has 1 aliphatic heterocycles. The third-order valence-corrected chi connectivity index (χ3v) is 4.47. The van der Waals surface area contributed by atoms with Gasteiger partial charge in [-0.2, -0.15) is 4.98 Å². The molecule has 0 radical (unpaired) electrons. The van der Waals surface area contributed by atoms with Crippen LogP contribution in [-0.2, 0) is 4.79 Å². The number of ether oxygens (including phenoxy) is 2. The highest BCUT2D eigenvalue weighted by Crippen LogP contribution is 2.29. The molecule has 1 saturated heterocycles. The predicted molar refractivity (Wildman–Crippen MR) is 98.6 cm³/mol. The fourth-order valence-electron chi connectivity index (χ4n) is 3.12. The summed E-state index contributed by atoms with van der Waals surface area (Å²) in [5.74, 6) is 2.98. The van der Waals surface area contributed by atoms with Gasteiger partial charge >= 0.3 is 0 Å². The molecule has 0 N–H and O–H groups in total. The molecule has 0 aliphatic carbocycles. The molecule has 2 aromatic rings. The molecule has 1 aliphatic rings. The number of hydrogen-bond donors (Lipinski definition) is 0. The molecule has 26 heavy (non-hydrogen) atoms. The van der Waals surface area contributed by atoms with E-state index in [9.17, 15) is 4.79 Å². The zero-order chi connectivity index (χ0) is 18.7. The molecule has 1 fully saturated rings. The van der Waals surface area contributed by atoms with Crippen LogP contribution in [0, 0.1) is 12.8 Å². The minimum atomic E-state index is 0.0131. The molecule has 0 bridgehead atoms. The molecule has 1 aromatic carbocycles. The van der Waals surface area contributed by atoms with Crippen molar-refractivity contribution in [3.8, 4) is 17.4 Å². The Morgan fingerprint density at radius 1 is 1.23 bits per heavy atom. The smallest absolute Gasteiger partial charge is 0.225 e. The average molecular weight is 355 g/mol. The molecule has 0 unspecified atom stereocenters. The van der Waals surface area contributed by atoms with Gasteiger partial charge in [0.15, 0.2) is 0 Å². The van der Waals surface area contributed by atoms with Gasteiger partial charge in [0.05, 0.1) is 7.11 Å². The van der Waals surface area contributed by atoms with Crippen LogP contribution in [0.15, 0.2) is 30.3 Å². The summed E-state index contributed by atoms with van der Waals surface area (Å²) in [7, 11) is 1.62. The first-order valence-electron chi connectivity index (χ1n) is 8.92. The number of aromatic nitrogens is 2.